The number of carbonyl (C=O) groups is 1. The van der Waals surface area contributed by atoms with Crippen LogP contribution >= 0.6 is 15.9 Å². The van der Waals surface area contributed by atoms with Gasteiger partial charge in [0.05, 0.1) is 0 Å². The van der Waals surface area contributed by atoms with Gasteiger partial charge in [-0.2, -0.15) is 0 Å². The summed E-state index contributed by atoms with van der Waals surface area (Å²) in [5, 5.41) is 5.49. The Morgan fingerprint density at radius 2 is 1.79 bits per heavy atom. The molecule has 4 N–H and O–H groups in total. The lowest BCUT2D eigenvalue weighted by Gasteiger charge is -2.09. The van der Waals surface area contributed by atoms with Crippen LogP contribution in [0.25, 0.3) is 0 Å². The molecule has 0 saturated carbocycles. The SMILES string of the molecule is Cc1cccc(NC(=O)Nc2ccc(Br)c(N)c2)c1. The van der Waals surface area contributed by atoms with E-state index >= 15 is 0 Å². The Labute approximate surface area is 120 Å². The van der Waals surface area contributed by atoms with Gasteiger partial charge in [0, 0.05) is 21.5 Å². The molecule has 2 rings (SSSR count). The second kappa shape index (κ2) is 5.75. The molecule has 0 aliphatic carbocycles. The molecule has 0 spiro atoms. The zero-order chi connectivity index (χ0) is 13.8. The van der Waals surface area contributed by atoms with Gasteiger partial charge in [-0.15, -0.1) is 0 Å². The molecule has 0 radical (unpaired) electrons. The van der Waals surface area contributed by atoms with Crippen LogP contribution in [0.15, 0.2) is 46.9 Å². The van der Waals surface area contributed by atoms with Crippen molar-refractivity contribution in [3.8, 4) is 0 Å². The third-order valence-electron chi connectivity index (χ3n) is 2.53. The van der Waals surface area contributed by atoms with E-state index in [4.69, 9.17) is 5.73 Å². The van der Waals surface area contributed by atoms with Crippen molar-refractivity contribution in [3.63, 3.8) is 0 Å². The van der Waals surface area contributed by atoms with Gasteiger partial charge < -0.3 is 16.4 Å². The Morgan fingerprint density at radius 3 is 2.42 bits per heavy atom. The maximum atomic E-state index is 11.8. The summed E-state index contributed by atoms with van der Waals surface area (Å²) in [6, 6.07) is 12.6. The minimum atomic E-state index is -0.299. The number of nitrogens with one attached hydrogen (secondary N) is 2. The smallest absolute Gasteiger partial charge is 0.323 e. The predicted molar refractivity (Wildman–Crippen MR) is 82.4 cm³/mol. The first-order chi connectivity index (χ1) is 9.04. The number of aryl methyl sites for hydroxylation is 1. The second-order valence-corrected chi connectivity index (χ2v) is 5.04. The van der Waals surface area contributed by atoms with Gasteiger partial charge in [0.25, 0.3) is 0 Å². The maximum absolute atomic E-state index is 11.8. The molecule has 0 atom stereocenters. The molecule has 0 aliphatic heterocycles. The van der Waals surface area contributed by atoms with Gasteiger partial charge in [0.2, 0.25) is 0 Å². The van der Waals surface area contributed by atoms with E-state index in [1.807, 2.05) is 31.2 Å². The van der Waals surface area contributed by atoms with Crippen LogP contribution in [0.2, 0.25) is 0 Å². The van der Waals surface area contributed by atoms with Gasteiger partial charge in [-0.25, -0.2) is 4.79 Å². The monoisotopic (exact) mass is 319 g/mol. The summed E-state index contributed by atoms with van der Waals surface area (Å²) in [6.45, 7) is 1.97. The van der Waals surface area contributed by atoms with Gasteiger partial charge in [0.1, 0.15) is 0 Å². The summed E-state index contributed by atoms with van der Waals surface area (Å²) >= 11 is 3.30. The van der Waals surface area contributed by atoms with E-state index in [0.717, 1.165) is 15.7 Å². The Kier molecular flexibility index (Phi) is 4.06. The summed E-state index contributed by atoms with van der Waals surface area (Å²) in [6.07, 6.45) is 0. The van der Waals surface area contributed by atoms with Gasteiger partial charge in [0.15, 0.2) is 0 Å². The Morgan fingerprint density at radius 1 is 1.11 bits per heavy atom. The van der Waals surface area contributed by atoms with E-state index in [2.05, 4.69) is 26.6 Å². The number of halogens is 1. The van der Waals surface area contributed by atoms with Crippen molar-refractivity contribution in [1.29, 1.82) is 0 Å². The zero-order valence-electron chi connectivity index (χ0n) is 10.4. The van der Waals surface area contributed by atoms with Crippen LogP contribution in [0.1, 0.15) is 5.56 Å². The first kappa shape index (κ1) is 13.4. The number of anilines is 3. The molecule has 0 fully saturated rings. The van der Waals surface area contributed by atoms with Gasteiger partial charge in [-0.05, 0) is 58.7 Å². The molecular weight excluding hydrogens is 306 g/mol. The summed E-state index contributed by atoms with van der Waals surface area (Å²) < 4.78 is 0.803. The first-order valence-corrected chi connectivity index (χ1v) is 6.53. The number of rotatable bonds is 2. The standard InChI is InChI=1S/C14H14BrN3O/c1-9-3-2-4-10(7-9)17-14(19)18-11-5-6-12(15)13(16)8-11/h2-8H,16H2,1H3,(H2,17,18,19). The lowest BCUT2D eigenvalue weighted by Crippen LogP contribution is -2.19. The normalized spacial score (nSPS) is 10.0. The molecule has 0 bridgehead atoms. The fourth-order valence-electron chi connectivity index (χ4n) is 1.64. The summed E-state index contributed by atoms with van der Waals surface area (Å²) in [7, 11) is 0. The molecule has 2 amide bonds. The molecular formula is C14H14BrN3O. The molecule has 0 unspecified atom stereocenters. The van der Waals surface area contributed by atoms with Crippen LogP contribution in [-0.4, -0.2) is 6.03 Å². The lowest BCUT2D eigenvalue weighted by molar-refractivity contribution is 0.262. The highest BCUT2D eigenvalue weighted by Gasteiger charge is 2.04. The Bertz CT molecular complexity index is 613. The summed E-state index contributed by atoms with van der Waals surface area (Å²) in [5.74, 6) is 0. The lowest BCUT2D eigenvalue weighted by atomic mass is 10.2. The second-order valence-electron chi connectivity index (χ2n) is 4.18. The highest BCUT2D eigenvalue weighted by atomic mass is 79.9. The molecule has 2 aromatic carbocycles. The number of carbonyl (C=O) groups excluding carboxylic acids is 1. The average Bonchev–Trinajstić information content (AvgIpc) is 2.34. The van der Waals surface area contributed by atoms with Crippen LogP contribution in [0.5, 0.6) is 0 Å². The van der Waals surface area contributed by atoms with E-state index in [0.29, 0.717) is 11.4 Å². The number of amides is 2. The van der Waals surface area contributed by atoms with Gasteiger partial charge in [-0.1, -0.05) is 12.1 Å². The van der Waals surface area contributed by atoms with Crippen LogP contribution in [0, 0.1) is 6.92 Å². The van der Waals surface area contributed by atoms with Crippen molar-refractivity contribution in [2.75, 3.05) is 16.4 Å². The Hall–Kier alpha value is -2.01. The first-order valence-electron chi connectivity index (χ1n) is 5.74. The molecule has 0 saturated heterocycles. The number of urea groups is 1. The van der Waals surface area contributed by atoms with Crippen LogP contribution < -0.4 is 16.4 Å². The van der Waals surface area contributed by atoms with Gasteiger partial charge in [-0.3, -0.25) is 0 Å². The molecule has 4 nitrogen and oxygen atoms in total. The highest BCUT2D eigenvalue weighted by Crippen LogP contribution is 2.23. The molecule has 2 aromatic rings. The summed E-state index contributed by atoms with van der Waals surface area (Å²) in [5.41, 5.74) is 8.81. The zero-order valence-corrected chi connectivity index (χ0v) is 12.0. The number of hydrogen-bond acceptors (Lipinski definition) is 2. The fourth-order valence-corrected chi connectivity index (χ4v) is 1.88. The van der Waals surface area contributed by atoms with Crippen molar-refractivity contribution in [2.45, 2.75) is 6.92 Å². The van der Waals surface area contributed by atoms with Crippen molar-refractivity contribution in [1.82, 2.24) is 0 Å². The van der Waals surface area contributed by atoms with Crippen LogP contribution in [0.4, 0.5) is 21.9 Å². The number of nitrogens with two attached hydrogens (primary N) is 1. The third kappa shape index (κ3) is 3.72. The highest BCUT2D eigenvalue weighted by molar-refractivity contribution is 9.10. The molecule has 98 valence electrons. The van der Waals surface area contributed by atoms with Gasteiger partial charge >= 0.3 is 6.03 Å². The topological polar surface area (TPSA) is 67.2 Å². The molecule has 5 heteroatoms. The van der Waals surface area contributed by atoms with Crippen LogP contribution in [-0.2, 0) is 0 Å². The van der Waals surface area contributed by atoms with Crippen molar-refractivity contribution in [3.05, 3.63) is 52.5 Å². The molecule has 0 heterocycles. The summed E-state index contributed by atoms with van der Waals surface area (Å²) in [4.78, 5) is 11.8. The van der Waals surface area contributed by atoms with E-state index in [1.54, 1.807) is 18.2 Å². The van der Waals surface area contributed by atoms with Crippen molar-refractivity contribution in [2.24, 2.45) is 0 Å². The van der Waals surface area contributed by atoms with E-state index < -0.39 is 0 Å². The number of benzene rings is 2. The van der Waals surface area contributed by atoms with Crippen molar-refractivity contribution >= 4 is 39.0 Å². The molecule has 0 aromatic heterocycles. The minimum absolute atomic E-state index is 0.299. The van der Waals surface area contributed by atoms with E-state index in [-0.39, 0.29) is 6.03 Å². The number of hydrogen-bond donors (Lipinski definition) is 3. The molecule has 0 aliphatic rings. The van der Waals surface area contributed by atoms with E-state index in [9.17, 15) is 4.79 Å². The molecule has 19 heavy (non-hydrogen) atoms. The number of nitrogen functional groups attached to an aromatic ring is 1. The fraction of sp³-hybridized carbons (Fsp3) is 0.0714. The predicted octanol–water partition coefficient (Wildman–Crippen LogP) is 3.98. The average molecular weight is 320 g/mol. The Balaban J connectivity index is 2.03. The van der Waals surface area contributed by atoms with Crippen LogP contribution in [0.3, 0.4) is 0 Å². The third-order valence-corrected chi connectivity index (χ3v) is 3.25. The largest absolute Gasteiger partial charge is 0.398 e. The van der Waals surface area contributed by atoms with Crippen molar-refractivity contribution < 1.29 is 4.79 Å². The quantitative estimate of drug-likeness (QED) is 0.733. The van der Waals surface area contributed by atoms with E-state index in [1.165, 1.54) is 0 Å². The minimum Gasteiger partial charge on any atom is -0.398 e. The maximum Gasteiger partial charge on any atom is 0.323 e.